The number of aliphatic hydroxyl groups excluding tert-OH is 1. The second kappa shape index (κ2) is 11.6. The van der Waals surface area contributed by atoms with E-state index < -0.39 is 17.7 Å². The quantitative estimate of drug-likeness (QED) is 0.174. The second-order valence-corrected chi connectivity index (χ2v) is 9.09. The zero-order valence-corrected chi connectivity index (χ0v) is 21.5. The second-order valence-electron chi connectivity index (χ2n) is 9.09. The molecule has 3 aromatic carbocycles. The zero-order chi connectivity index (χ0) is 27.2. The first-order valence-corrected chi connectivity index (χ1v) is 12.7. The van der Waals surface area contributed by atoms with Gasteiger partial charge in [0, 0.05) is 24.5 Å². The minimum atomic E-state index is -0.815. The van der Waals surface area contributed by atoms with Gasteiger partial charge in [-0.25, -0.2) is 0 Å². The summed E-state index contributed by atoms with van der Waals surface area (Å²) in [6.07, 6.45) is 3.28. The van der Waals surface area contributed by atoms with E-state index in [4.69, 9.17) is 9.47 Å². The van der Waals surface area contributed by atoms with E-state index in [1.807, 2.05) is 61.5 Å². The molecule has 0 spiro atoms. The molecule has 4 aromatic rings. The fourth-order valence-electron chi connectivity index (χ4n) is 4.62. The number of carbonyl (C=O) groups is 2. The van der Waals surface area contributed by atoms with Gasteiger partial charge >= 0.3 is 0 Å². The molecule has 1 saturated heterocycles. The van der Waals surface area contributed by atoms with E-state index in [1.54, 1.807) is 48.8 Å². The van der Waals surface area contributed by atoms with Gasteiger partial charge in [0.15, 0.2) is 0 Å². The maximum Gasteiger partial charge on any atom is 0.295 e. The van der Waals surface area contributed by atoms with Gasteiger partial charge in [0.05, 0.1) is 18.2 Å². The Bertz CT molecular complexity index is 1480. The Morgan fingerprint density at radius 2 is 1.59 bits per heavy atom. The fraction of sp³-hybridized carbons (Fsp3) is 0.156. The van der Waals surface area contributed by atoms with Crippen LogP contribution in [0.4, 0.5) is 0 Å². The third-order valence-corrected chi connectivity index (χ3v) is 6.50. The summed E-state index contributed by atoms with van der Waals surface area (Å²) >= 11 is 0. The Morgan fingerprint density at radius 3 is 2.31 bits per heavy atom. The van der Waals surface area contributed by atoms with Gasteiger partial charge in [-0.1, -0.05) is 42.5 Å². The molecule has 7 heteroatoms. The van der Waals surface area contributed by atoms with Crippen LogP contribution in [0.5, 0.6) is 11.5 Å². The highest BCUT2D eigenvalue weighted by Crippen LogP contribution is 2.41. The van der Waals surface area contributed by atoms with Crippen molar-refractivity contribution >= 4 is 17.4 Å². The van der Waals surface area contributed by atoms with E-state index in [-0.39, 0.29) is 17.9 Å². The lowest BCUT2D eigenvalue weighted by Gasteiger charge is -2.26. The van der Waals surface area contributed by atoms with Crippen molar-refractivity contribution in [2.24, 2.45) is 0 Å². The van der Waals surface area contributed by atoms with Gasteiger partial charge in [0.25, 0.3) is 11.7 Å². The fourth-order valence-corrected chi connectivity index (χ4v) is 4.62. The maximum atomic E-state index is 13.4. The Kier molecular flexibility index (Phi) is 7.68. The molecule has 0 aliphatic carbocycles. The largest absolute Gasteiger partial charge is 0.507 e. The molecule has 7 nitrogen and oxygen atoms in total. The minimum absolute atomic E-state index is 0.0263. The summed E-state index contributed by atoms with van der Waals surface area (Å²) in [5, 5.41) is 11.4. The average Bonchev–Trinajstić information content (AvgIpc) is 3.22. The molecular formula is C32H28N2O5. The Morgan fingerprint density at radius 1 is 0.846 bits per heavy atom. The van der Waals surface area contributed by atoms with E-state index in [2.05, 4.69) is 4.98 Å². The van der Waals surface area contributed by atoms with Gasteiger partial charge in [0.1, 0.15) is 23.9 Å². The van der Waals surface area contributed by atoms with Crippen molar-refractivity contribution in [1.82, 2.24) is 9.88 Å². The number of ether oxygens (including phenoxy) is 2. The van der Waals surface area contributed by atoms with E-state index in [0.29, 0.717) is 35.8 Å². The van der Waals surface area contributed by atoms with Crippen LogP contribution >= 0.6 is 0 Å². The van der Waals surface area contributed by atoms with Crippen molar-refractivity contribution in [2.45, 2.75) is 26.1 Å². The number of pyridine rings is 1. The van der Waals surface area contributed by atoms with Gasteiger partial charge in [-0.3, -0.25) is 14.6 Å². The summed E-state index contributed by atoms with van der Waals surface area (Å²) in [4.78, 5) is 32.3. The van der Waals surface area contributed by atoms with Crippen LogP contribution in [0.2, 0.25) is 0 Å². The lowest BCUT2D eigenvalue weighted by atomic mass is 9.95. The number of hydrogen-bond donors (Lipinski definition) is 1. The van der Waals surface area contributed by atoms with Crippen LogP contribution in [0, 0.1) is 0 Å². The number of rotatable bonds is 9. The monoisotopic (exact) mass is 520 g/mol. The van der Waals surface area contributed by atoms with Crippen LogP contribution in [0.25, 0.3) is 5.76 Å². The molecule has 1 atom stereocenters. The number of aliphatic hydroxyl groups is 1. The van der Waals surface area contributed by atoms with Crippen LogP contribution < -0.4 is 9.47 Å². The Balaban J connectivity index is 1.54. The highest BCUT2D eigenvalue weighted by molar-refractivity contribution is 6.46. The highest BCUT2D eigenvalue weighted by atomic mass is 16.5. The standard InChI is InChI=1S/C32H28N2O5/c1-2-38-26-13-11-24(12-14-26)30(35)28-29(34(32(37)31(28)36)20-22-15-17-33-18-16-22)25-9-6-10-27(19-25)39-21-23-7-4-3-5-8-23/h3-19,29,35H,2,20-21H2,1H3. The average molecular weight is 521 g/mol. The van der Waals surface area contributed by atoms with Crippen molar-refractivity contribution < 1.29 is 24.2 Å². The van der Waals surface area contributed by atoms with Crippen LogP contribution in [0.3, 0.4) is 0 Å². The van der Waals surface area contributed by atoms with Gasteiger partial charge in [-0.15, -0.1) is 0 Å². The Labute approximate surface area is 227 Å². The first kappa shape index (κ1) is 25.7. The summed E-state index contributed by atoms with van der Waals surface area (Å²) in [6.45, 7) is 2.94. The lowest BCUT2D eigenvalue weighted by Crippen LogP contribution is -2.29. The normalized spacial score (nSPS) is 16.3. The van der Waals surface area contributed by atoms with E-state index in [9.17, 15) is 14.7 Å². The number of ketones is 1. The predicted octanol–water partition coefficient (Wildman–Crippen LogP) is 5.68. The zero-order valence-electron chi connectivity index (χ0n) is 21.5. The lowest BCUT2D eigenvalue weighted by molar-refractivity contribution is -0.140. The molecule has 1 aromatic heterocycles. The summed E-state index contributed by atoms with van der Waals surface area (Å²) in [5.74, 6) is -0.427. The van der Waals surface area contributed by atoms with Crippen LogP contribution in [-0.4, -0.2) is 33.3 Å². The number of hydrogen-bond acceptors (Lipinski definition) is 6. The molecule has 196 valence electrons. The summed E-state index contributed by atoms with van der Waals surface area (Å²) < 4.78 is 11.5. The molecule has 0 radical (unpaired) electrons. The number of amides is 1. The van der Waals surface area contributed by atoms with Crippen molar-refractivity contribution in [1.29, 1.82) is 0 Å². The summed E-state index contributed by atoms with van der Waals surface area (Å²) in [7, 11) is 0. The van der Waals surface area contributed by atoms with Crippen LogP contribution in [0.15, 0.2) is 109 Å². The number of likely N-dealkylation sites (tertiary alicyclic amines) is 1. The third kappa shape index (κ3) is 5.67. The molecule has 1 amide bonds. The summed E-state index contributed by atoms with van der Waals surface area (Å²) in [6, 6.07) is 26.6. The third-order valence-electron chi connectivity index (χ3n) is 6.50. The van der Waals surface area contributed by atoms with Crippen LogP contribution in [0.1, 0.15) is 35.2 Å². The SMILES string of the molecule is CCOc1ccc(C(O)=C2C(=O)C(=O)N(Cc3ccncc3)C2c2cccc(OCc3ccccc3)c2)cc1. The first-order chi connectivity index (χ1) is 19.0. The molecule has 2 heterocycles. The number of nitrogens with zero attached hydrogens (tertiary/aromatic N) is 2. The topological polar surface area (TPSA) is 89.0 Å². The van der Waals surface area contributed by atoms with Crippen molar-refractivity contribution in [3.8, 4) is 11.5 Å². The number of aromatic nitrogens is 1. The van der Waals surface area contributed by atoms with Crippen molar-refractivity contribution in [3.63, 3.8) is 0 Å². The van der Waals surface area contributed by atoms with Crippen molar-refractivity contribution in [3.05, 3.63) is 131 Å². The van der Waals surface area contributed by atoms with Gasteiger partial charge in [-0.05, 0) is 72.1 Å². The smallest absolute Gasteiger partial charge is 0.295 e. The van der Waals surface area contributed by atoms with Gasteiger partial charge < -0.3 is 19.5 Å². The molecular weight excluding hydrogens is 492 g/mol. The van der Waals surface area contributed by atoms with E-state index in [0.717, 1.165) is 11.1 Å². The molecule has 1 aliphatic heterocycles. The molecule has 0 saturated carbocycles. The maximum absolute atomic E-state index is 13.4. The highest BCUT2D eigenvalue weighted by Gasteiger charge is 2.46. The van der Waals surface area contributed by atoms with Gasteiger partial charge in [-0.2, -0.15) is 0 Å². The first-order valence-electron chi connectivity index (χ1n) is 12.7. The Hall–Kier alpha value is -4.91. The van der Waals surface area contributed by atoms with Gasteiger partial charge in [0.2, 0.25) is 0 Å². The molecule has 0 bridgehead atoms. The molecule has 1 fully saturated rings. The molecule has 1 N–H and O–H groups in total. The molecule has 5 rings (SSSR count). The molecule has 1 aliphatic rings. The van der Waals surface area contributed by atoms with Crippen molar-refractivity contribution in [2.75, 3.05) is 6.61 Å². The van der Waals surface area contributed by atoms with E-state index in [1.165, 1.54) is 4.90 Å². The number of carbonyl (C=O) groups excluding carboxylic acids is 2. The predicted molar refractivity (Wildman–Crippen MR) is 147 cm³/mol. The number of Topliss-reactive ketones (excluding diaryl/α,β-unsaturated/α-hetero) is 1. The molecule has 1 unspecified atom stereocenters. The summed E-state index contributed by atoms with van der Waals surface area (Å²) in [5.41, 5.74) is 2.93. The van der Waals surface area contributed by atoms with E-state index >= 15 is 0 Å². The molecule has 39 heavy (non-hydrogen) atoms. The minimum Gasteiger partial charge on any atom is -0.507 e. The number of benzene rings is 3. The van der Waals surface area contributed by atoms with Crippen LogP contribution in [-0.2, 0) is 22.7 Å².